The van der Waals surface area contributed by atoms with Crippen LogP contribution in [0.15, 0.2) is 6.07 Å². The summed E-state index contributed by atoms with van der Waals surface area (Å²) in [4.78, 5) is 14.0. The lowest BCUT2D eigenvalue weighted by Gasteiger charge is -2.26. The van der Waals surface area contributed by atoms with Gasteiger partial charge in [-0.2, -0.15) is 0 Å². The lowest BCUT2D eigenvalue weighted by molar-refractivity contribution is 0.0241. The van der Waals surface area contributed by atoms with Gasteiger partial charge in [-0.15, -0.1) is 11.3 Å². The van der Waals surface area contributed by atoms with E-state index < -0.39 is 0 Å². The molecule has 0 spiro atoms. The van der Waals surface area contributed by atoms with Crippen LogP contribution in [0, 0.1) is 13.8 Å². The Morgan fingerprint density at radius 3 is 2.71 bits per heavy atom. The summed E-state index contributed by atoms with van der Waals surface area (Å²) < 4.78 is 5.84. The molecular weight excluding hydrogens is 284 g/mol. The second-order valence-corrected chi connectivity index (χ2v) is 7.12. The molecule has 1 aromatic heterocycles. The number of thiophene rings is 1. The average Bonchev–Trinajstić information content (AvgIpc) is 2.80. The Morgan fingerprint density at radius 1 is 1.38 bits per heavy atom. The molecule has 118 valence electrons. The van der Waals surface area contributed by atoms with Gasteiger partial charge < -0.3 is 15.8 Å². The summed E-state index contributed by atoms with van der Waals surface area (Å²) in [5, 5.41) is 2.96. The molecule has 4 nitrogen and oxygen atoms in total. The van der Waals surface area contributed by atoms with Crippen molar-refractivity contribution in [3.8, 4) is 0 Å². The molecule has 0 radical (unpaired) electrons. The summed E-state index contributed by atoms with van der Waals surface area (Å²) in [5.74, 6) is 0.0276. The van der Waals surface area contributed by atoms with E-state index in [-0.39, 0.29) is 5.91 Å². The highest BCUT2D eigenvalue weighted by atomic mass is 32.1. The van der Waals surface area contributed by atoms with Gasteiger partial charge >= 0.3 is 0 Å². The minimum Gasteiger partial charge on any atom is -0.378 e. The first-order chi connectivity index (χ1) is 10.1. The lowest BCUT2D eigenvalue weighted by atomic mass is 9.94. The SMILES string of the molecule is Cc1cc(C(=O)NCCCOC2CCC(N)CC2)sc1C. The molecule has 1 saturated carbocycles. The zero-order valence-electron chi connectivity index (χ0n) is 13.0. The Kier molecular flexibility index (Phi) is 6.21. The molecule has 0 aliphatic heterocycles. The van der Waals surface area contributed by atoms with Crippen molar-refractivity contribution in [1.82, 2.24) is 5.32 Å². The number of nitrogens with two attached hydrogens (primary N) is 1. The average molecular weight is 310 g/mol. The molecule has 3 N–H and O–H groups in total. The summed E-state index contributed by atoms with van der Waals surface area (Å²) in [6, 6.07) is 2.32. The smallest absolute Gasteiger partial charge is 0.261 e. The first-order valence-corrected chi connectivity index (χ1v) is 8.60. The van der Waals surface area contributed by atoms with E-state index in [0.717, 1.165) is 37.0 Å². The van der Waals surface area contributed by atoms with Crippen molar-refractivity contribution in [2.45, 2.75) is 58.1 Å². The molecule has 1 heterocycles. The van der Waals surface area contributed by atoms with Crippen LogP contribution in [0.3, 0.4) is 0 Å². The molecule has 0 atom stereocenters. The van der Waals surface area contributed by atoms with Gasteiger partial charge in [0.1, 0.15) is 0 Å². The van der Waals surface area contributed by atoms with Crippen LogP contribution in [0.1, 0.15) is 52.2 Å². The van der Waals surface area contributed by atoms with Gasteiger partial charge in [0.15, 0.2) is 0 Å². The normalized spacial score (nSPS) is 22.2. The molecule has 2 rings (SSSR count). The minimum absolute atomic E-state index is 0.0276. The largest absolute Gasteiger partial charge is 0.378 e. The van der Waals surface area contributed by atoms with Crippen LogP contribution >= 0.6 is 11.3 Å². The van der Waals surface area contributed by atoms with Crippen molar-refractivity contribution in [2.24, 2.45) is 5.73 Å². The van der Waals surface area contributed by atoms with E-state index >= 15 is 0 Å². The number of amides is 1. The third kappa shape index (κ3) is 5.09. The Morgan fingerprint density at radius 2 is 2.10 bits per heavy atom. The lowest BCUT2D eigenvalue weighted by Crippen LogP contribution is -2.31. The van der Waals surface area contributed by atoms with Gasteiger partial charge in [0.2, 0.25) is 0 Å². The maximum Gasteiger partial charge on any atom is 0.261 e. The molecule has 1 aliphatic rings. The van der Waals surface area contributed by atoms with Crippen LogP contribution in [0.2, 0.25) is 0 Å². The van der Waals surface area contributed by atoms with E-state index in [0.29, 0.717) is 25.3 Å². The van der Waals surface area contributed by atoms with E-state index in [1.165, 1.54) is 10.4 Å². The summed E-state index contributed by atoms with van der Waals surface area (Å²) in [6.45, 7) is 5.46. The van der Waals surface area contributed by atoms with Crippen molar-refractivity contribution < 1.29 is 9.53 Å². The van der Waals surface area contributed by atoms with Gasteiger partial charge in [-0.05, 0) is 57.6 Å². The molecule has 0 bridgehead atoms. The topological polar surface area (TPSA) is 64.3 Å². The Hall–Kier alpha value is -0.910. The van der Waals surface area contributed by atoms with Gasteiger partial charge in [0.05, 0.1) is 11.0 Å². The van der Waals surface area contributed by atoms with Gasteiger partial charge in [0.25, 0.3) is 5.91 Å². The molecule has 1 fully saturated rings. The summed E-state index contributed by atoms with van der Waals surface area (Å²) in [5.41, 5.74) is 7.06. The molecular formula is C16H26N2O2S. The van der Waals surface area contributed by atoms with Gasteiger partial charge in [-0.3, -0.25) is 4.79 Å². The van der Waals surface area contributed by atoms with Crippen LogP contribution in [0.25, 0.3) is 0 Å². The number of rotatable bonds is 6. The predicted octanol–water partition coefficient (Wildman–Crippen LogP) is 2.77. The van der Waals surface area contributed by atoms with E-state index in [1.807, 2.05) is 19.9 Å². The van der Waals surface area contributed by atoms with Crippen LogP contribution in [-0.2, 0) is 4.74 Å². The van der Waals surface area contributed by atoms with Crippen LogP contribution in [0.4, 0.5) is 0 Å². The Balaban J connectivity index is 1.58. The van der Waals surface area contributed by atoms with E-state index in [4.69, 9.17) is 10.5 Å². The van der Waals surface area contributed by atoms with Crippen molar-refractivity contribution in [3.63, 3.8) is 0 Å². The first-order valence-electron chi connectivity index (χ1n) is 7.78. The zero-order chi connectivity index (χ0) is 15.2. The molecule has 5 heteroatoms. The highest BCUT2D eigenvalue weighted by Gasteiger charge is 2.18. The fourth-order valence-electron chi connectivity index (χ4n) is 2.55. The van der Waals surface area contributed by atoms with E-state index in [9.17, 15) is 4.79 Å². The summed E-state index contributed by atoms with van der Waals surface area (Å²) in [6.07, 6.45) is 5.50. The third-order valence-electron chi connectivity index (χ3n) is 4.07. The molecule has 0 unspecified atom stereocenters. The zero-order valence-corrected chi connectivity index (χ0v) is 13.8. The minimum atomic E-state index is 0.0276. The predicted molar refractivity (Wildman–Crippen MR) is 86.9 cm³/mol. The second kappa shape index (κ2) is 7.92. The van der Waals surface area contributed by atoms with Crippen molar-refractivity contribution in [2.75, 3.05) is 13.2 Å². The fourth-order valence-corrected chi connectivity index (χ4v) is 3.50. The quantitative estimate of drug-likeness (QED) is 0.794. The fraction of sp³-hybridized carbons (Fsp3) is 0.688. The molecule has 0 aromatic carbocycles. The van der Waals surface area contributed by atoms with Crippen molar-refractivity contribution in [1.29, 1.82) is 0 Å². The molecule has 0 saturated heterocycles. The molecule has 1 aromatic rings. The van der Waals surface area contributed by atoms with Gasteiger partial charge in [-0.25, -0.2) is 0 Å². The number of carbonyl (C=O) groups excluding carboxylic acids is 1. The van der Waals surface area contributed by atoms with E-state index in [2.05, 4.69) is 5.32 Å². The van der Waals surface area contributed by atoms with Crippen molar-refractivity contribution >= 4 is 17.2 Å². The number of hydrogen-bond acceptors (Lipinski definition) is 4. The van der Waals surface area contributed by atoms with Crippen LogP contribution < -0.4 is 11.1 Å². The number of nitrogens with one attached hydrogen (secondary N) is 1. The number of aryl methyl sites for hydroxylation is 2. The number of hydrogen-bond donors (Lipinski definition) is 2. The molecule has 21 heavy (non-hydrogen) atoms. The molecule has 1 aliphatic carbocycles. The molecule has 1 amide bonds. The van der Waals surface area contributed by atoms with Crippen LogP contribution in [-0.4, -0.2) is 31.2 Å². The maximum absolute atomic E-state index is 12.0. The third-order valence-corrected chi connectivity index (χ3v) is 5.22. The van der Waals surface area contributed by atoms with Gasteiger partial charge in [0, 0.05) is 24.1 Å². The summed E-state index contributed by atoms with van der Waals surface area (Å²) in [7, 11) is 0. The van der Waals surface area contributed by atoms with Crippen LogP contribution in [0.5, 0.6) is 0 Å². The highest BCUT2D eigenvalue weighted by Crippen LogP contribution is 2.21. The number of carbonyl (C=O) groups is 1. The maximum atomic E-state index is 12.0. The monoisotopic (exact) mass is 310 g/mol. The first kappa shape index (κ1) is 16.5. The Bertz CT molecular complexity index is 445. The standard InChI is InChI=1S/C16H26N2O2S/c1-11-10-15(21-12(11)2)16(19)18-8-3-9-20-14-6-4-13(17)5-7-14/h10,13-14H,3-9,17H2,1-2H3,(H,18,19). The number of ether oxygens (including phenoxy) is 1. The van der Waals surface area contributed by atoms with Crippen molar-refractivity contribution in [3.05, 3.63) is 21.4 Å². The second-order valence-electron chi connectivity index (χ2n) is 5.87. The van der Waals surface area contributed by atoms with Gasteiger partial charge in [-0.1, -0.05) is 0 Å². The Labute approximate surface area is 131 Å². The summed E-state index contributed by atoms with van der Waals surface area (Å²) >= 11 is 1.55. The van der Waals surface area contributed by atoms with E-state index in [1.54, 1.807) is 11.3 Å². The highest BCUT2D eigenvalue weighted by molar-refractivity contribution is 7.14.